The number of aliphatic hydroxyl groups is 1. The standard InChI is InChI=1S/C18H22N2O3/c1-3-13-7-6-9-15(11-13)19-17(22)18(23)20(2)12-14-8-4-5-10-16(14)21/h1,6-7,9,11,14,16,21H,4-5,8,10,12H2,2H3,(H,19,22). The van der Waals surface area contributed by atoms with Gasteiger partial charge in [-0.1, -0.05) is 24.8 Å². The molecule has 1 aromatic carbocycles. The molecule has 0 spiro atoms. The van der Waals surface area contributed by atoms with E-state index in [2.05, 4.69) is 11.2 Å². The van der Waals surface area contributed by atoms with Gasteiger partial charge in [-0.3, -0.25) is 9.59 Å². The quantitative estimate of drug-likeness (QED) is 0.658. The molecule has 5 heteroatoms. The van der Waals surface area contributed by atoms with Crippen LogP contribution in [0, 0.1) is 18.3 Å². The van der Waals surface area contributed by atoms with Crippen LogP contribution in [0.4, 0.5) is 5.69 Å². The summed E-state index contributed by atoms with van der Waals surface area (Å²) < 4.78 is 0. The first-order valence-corrected chi connectivity index (χ1v) is 7.82. The van der Waals surface area contributed by atoms with Crippen LogP contribution in [0.2, 0.25) is 0 Å². The number of amides is 2. The third kappa shape index (κ3) is 4.57. The first kappa shape index (κ1) is 17.0. The lowest BCUT2D eigenvalue weighted by Gasteiger charge is -2.30. The number of carbonyl (C=O) groups excluding carboxylic acids is 2. The minimum absolute atomic E-state index is 0.0373. The molecule has 2 N–H and O–H groups in total. The molecule has 1 aliphatic carbocycles. The Balaban J connectivity index is 1.93. The maximum atomic E-state index is 12.2. The van der Waals surface area contributed by atoms with Crippen molar-refractivity contribution in [2.24, 2.45) is 5.92 Å². The van der Waals surface area contributed by atoms with Gasteiger partial charge in [-0.05, 0) is 31.0 Å². The summed E-state index contributed by atoms with van der Waals surface area (Å²) in [6.45, 7) is 0.387. The molecule has 0 aromatic heterocycles. The molecule has 2 atom stereocenters. The smallest absolute Gasteiger partial charge is 0.313 e. The number of hydrogen-bond donors (Lipinski definition) is 2. The van der Waals surface area contributed by atoms with E-state index >= 15 is 0 Å². The zero-order chi connectivity index (χ0) is 16.8. The van der Waals surface area contributed by atoms with Crippen molar-refractivity contribution in [3.8, 4) is 12.3 Å². The summed E-state index contributed by atoms with van der Waals surface area (Å²) in [6, 6.07) is 6.78. The average molecular weight is 314 g/mol. The number of nitrogens with one attached hydrogen (secondary N) is 1. The monoisotopic (exact) mass is 314 g/mol. The second-order valence-corrected chi connectivity index (χ2v) is 5.98. The van der Waals surface area contributed by atoms with E-state index < -0.39 is 17.9 Å². The van der Waals surface area contributed by atoms with E-state index in [-0.39, 0.29) is 5.92 Å². The second kappa shape index (κ2) is 7.80. The predicted octanol–water partition coefficient (Wildman–Crippen LogP) is 1.62. The van der Waals surface area contributed by atoms with Gasteiger partial charge < -0.3 is 15.3 Å². The highest BCUT2D eigenvalue weighted by Gasteiger charge is 2.27. The molecule has 1 aromatic rings. The normalized spacial score (nSPS) is 20.4. The van der Waals surface area contributed by atoms with E-state index in [0.29, 0.717) is 17.8 Å². The summed E-state index contributed by atoms with van der Waals surface area (Å²) in [5.41, 5.74) is 1.12. The lowest BCUT2D eigenvalue weighted by atomic mass is 9.86. The first-order chi connectivity index (χ1) is 11.0. The molecule has 0 aliphatic heterocycles. The zero-order valence-electron chi connectivity index (χ0n) is 13.3. The molecule has 5 nitrogen and oxygen atoms in total. The molecule has 2 amide bonds. The number of benzene rings is 1. The Labute approximate surface area is 136 Å². The van der Waals surface area contributed by atoms with Gasteiger partial charge in [0.1, 0.15) is 0 Å². The van der Waals surface area contributed by atoms with Gasteiger partial charge in [0.15, 0.2) is 0 Å². The third-order valence-electron chi connectivity index (χ3n) is 4.21. The fourth-order valence-electron chi connectivity index (χ4n) is 2.88. The molecule has 1 aliphatic rings. The summed E-state index contributed by atoms with van der Waals surface area (Å²) >= 11 is 0. The van der Waals surface area contributed by atoms with E-state index in [1.54, 1.807) is 31.3 Å². The van der Waals surface area contributed by atoms with Crippen LogP contribution in [0.3, 0.4) is 0 Å². The molecule has 0 heterocycles. The molecule has 23 heavy (non-hydrogen) atoms. The highest BCUT2D eigenvalue weighted by molar-refractivity contribution is 6.39. The van der Waals surface area contributed by atoms with Crippen LogP contribution in [0.25, 0.3) is 0 Å². The molecule has 2 rings (SSSR count). The summed E-state index contributed by atoms with van der Waals surface area (Å²) in [4.78, 5) is 25.6. The highest BCUT2D eigenvalue weighted by atomic mass is 16.3. The van der Waals surface area contributed by atoms with Crippen molar-refractivity contribution in [2.45, 2.75) is 31.8 Å². The molecule has 0 bridgehead atoms. The Morgan fingerprint density at radius 1 is 1.39 bits per heavy atom. The second-order valence-electron chi connectivity index (χ2n) is 5.98. The minimum atomic E-state index is -0.702. The largest absolute Gasteiger partial charge is 0.393 e. The predicted molar refractivity (Wildman–Crippen MR) is 88.6 cm³/mol. The van der Waals surface area contributed by atoms with Crippen molar-refractivity contribution in [1.29, 1.82) is 0 Å². The molecule has 122 valence electrons. The highest BCUT2D eigenvalue weighted by Crippen LogP contribution is 2.24. The Hall–Kier alpha value is -2.32. The van der Waals surface area contributed by atoms with Gasteiger partial charge in [0.25, 0.3) is 0 Å². The lowest BCUT2D eigenvalue weighted by Crippen LogP contribution is -2.42. The van der Waals surface area contributed by atoms with Crippen LogP contribution >= 0.6 is 0 Å². The van der Waals surface area contributed by atoms with Crippen molar-refractivity contribution in [3.63, 3.8) is 0 Å². The van der Waals surface area contributed by atoms with Crippen molar-refractivity contribution in [3.05, 3.63) is 29.8 Å². The number of aliphatic hydroxyl groups excluding tert-OH is 1. The van der Waals surface area contributed by atoms with E-state index in [9.17, 15) is 14.7 Å². The topological polar surface area (TPSA) is 69.6 Å². The Kier molecular flexibility index (Phi) is 5.78. The molecule has 0 saturated heterocycles. The summed E-state index contributed by atoms with van der Waals surface area (Å²) in [6.07, 6.45) is 8.63. The first-order valence-electron chi connectivity index (χ1n) is 7.82. The van der Waals surface area contributed by atoms with Crippen molar-refractivity contribution >= 4 is 17.5 Å². The number of rotatable bonds is 3. The van der Waals surface area contributed by atoms with Crippen LogP contribution in [0.1, 0.15) is 31.2 Å². The number of carbonyl (C=O) groups is 2. The number of likely N-dealkylation sites (N-methyl/N-ethyl adjacent to an activating group) is 1. The number of terminal acetylenes is 1. The Morgan fingerprint density at radius 3 is 2.83 bits per heavy atom. The number of hydrogen-bond acceptors (Lipinski definition) is 3. The van der Waals surface area contributed by atoms with Crippen LogP contribution in [-0.2, 0) is 9.59 Å². The van der Waals surface area contributed by atoms with Crippen LogP contribution < -0.4 is 5.32 Å². The van der Waals surface area contributed by atoms with Gasteiger partial charge >= 0.3 is 11.8 Å². The molecule has 1 saturated carbocycles. The zero-order valence-corrected chi connectivity index (χ0v) is 13.3. The Morgan fingerprint density at radius 2 is 2.13 bits per heavy atom. The molecular formula is C18H22N2O3. The van der Waals surface area contributed by atoms with E-state index in [1.165, 1.54) is 4.90 Å². The van der Waals surface area contributed by atoms with Crippen molar-refractivity contribution in [1.82, 2.24) is 4.90 Å². The van der Waals surface area contributed by atoms with Gasteiger partial charge in [0.2, 0.25) is 0 Å². The Bertz CT molecular complexity index is 621. The van der Waals surface area contributed by atoms with Gasteiger partial charge in [-0.25, -0.2) is 0 Å². The summed E-state index contributed by atoms with van der Waals surface area (Å²) in [5.74, 6) is 1.20. The fourth-order valence-corrected chi connectivity index (χ4v) is 2.88. The fraction of sp³-hybridized carbons (Fsp3) is 0.444. The van der Waals surface area contributed by atoms with Gasteiger partial charge in [-0.15, -0.1) is 6.42 Å². The van der Waals surface area contributed by atoms with Crippen LogP contribution in [0.5, 0.6) is 0 Å². The SMILES string of the molecule is C#Cc1cccc(NC(=O)C(=O)N(C)CC2CCCCC2O)c1. The number of nitrogens with zero attached hydrogens (tertiary/aromatic N) is 1. The minimum Gasteiger partial charge on any atom is -0.393 e. The van der Waals surface area contributed by atoms with Crippen LogP contribution in [-0.4, -0.2) is 41.5 Å². The van der Waals surface area contributed by atoms with Crippen molar-refractivity contribution < 1.29 is 14.7 Å². The van der Waals surface area contributed by atoms with E-state index in [0.717, 1.165) is 25.7 Å². The molecule has 2 unspecified atom stereocenters. The summed E-state index contributed by atoms with van der Waals surface area (Å²) in [7, 11) is 1.58. The maximum absolute atomic E-state index is 12.2. The van der Waals surface area contributed by atoms with E-state index in [4.69, 9.17) is 6.42 Å². The van der Waals surface area contributed by atoms with Gasteiger partial charge in [0.05, 0.1) is 6.10 Å². The number of anilines is 1. The van der Waals surface area contributed by atoms with E-state index in [1.807, 2.05) is 0 Å². The molecular weight excluding hydrogens is 292 g/mol. The van der Waals surface area contributed by atoms with Gasteiger partial charge in [-0.2, -0.15) is 0 Å². The lowest BCUT2D eigenvalue weighted by molar-refractivity contribution is -0.143. The third-order valence-corrected chi connectivity index (χ3v) is 4.21. The molecule has 0 radical (unpaired) electrons. The maximum Gasteiger partial charge on any atom is 0.313 e. The van der Waals surface area contributed by atoms with Crippen molar-refractivity contribution in [2.75, 3.05) is 18.9 Å². The molecule has 1 fully saturated rings. The summed E-state index contributed by atoms with van der Waals surface area (Å²) in [5, 5.41) is 12.5. The average Bonchev–Trinajstić information content (AvgIpc) is 2.56. The van der Waals surface area contributed by atoms with Gasteiger partial charge in [0, 0.05) is 30.8 Å². The van der Waals surface area contributed by atoms with Crippen LogP contribution in [0.15, 0.2) is 24.3 Å².